The van der Waals surface area contributed by atoms with E-state index >= 15 is 0 Å². The van der Waals surface area contributed by atoms with E-state index in [0.717, 1.165) is 11.1 Å². The topological polar surface area (TPSA) is 80.8 Å². The van der Waals surface area contributed by atoms with Crippen molar-refractivity contribution in [2.75, 3.05) is 7.11 Å². The fourth-order valence-electron chi connectivity index (χ4n) is 1.86. The molecule has 0 unspecified atom stereocenters. The lowest BCUT2D eigenvalue weighted by Crippen LogP contribution is -2.02. The van der Waals surface area contributed by atoms with Crippen molar-refractivity contribution in [2.24, 2.45) is 0 Å². The molecular weight excluding hydrogens is 244 g/mol. The zero-order valence-corrected chi connectivity index (χ0v) is 10.1. The number of aromatic nitrogens is 4. The molecule has 0 spiro atoms. The second-order valence-electron chi connectivity index (χ2n) is 3.92. The largest absolute Gasteiger partial charge is 0.464 e. The number of fused-ring (bicyclic) bond motifs is 1. The van der Waals surface area contributed by atoms with Crippen LogP contribution in [0.2, 0.25) is 0 Å². The summed E-state index contributed by atoms with van der Waals surface area (Å²) >= 11 is 0. The Bertz CT molecular complexity index is 737. The summed E-state index contributed by atoms with van der Waals surface area (Å²) in [4.78, 5) is 19.8. The molecule has 0 aliphatic heterocycles. The molecular formula is C13H10N4O2. The van der Waals surface area contributed by atoms with E-state index in [1.165, 1.54) is 7.11 Å². The van der Waals surface area contributed by atoms with E-state index in [-0.39, 0.29) is 0 Å². The van der Waals surface area contributed by atoms with Crippen LogP contribution in [0.3, 0.4) is 0 Å². The van der Waals surface area contributed by atoms with Gasteiger partial charge in [0.15, 0.2) is 11.3 Å². The van der Waals surface area contributed by atoms with Gasteiger partial charge in [-0.1, -0.05) is 0 Å². The smallest absolute Gasteiger partial charge is 0.356 e. The third-order valence-electron chi connectivity index (χ3n) is 2.81. The number of hydrogen-bond donors (Lipinski definition) is 1. The molecule has 6 heteroatoms. The monoisotopic (exact) mass is 254 g/mol. The Hall–Kier alpha value is -2.76. The van der Waals surface area contributed by atoms with Crippen LogP contribution in [0, 0.1) is 0 Å². The summed E-state index contributed by atoms with van der Waals surface area (Å²) in [6, 6.07) is 5.61. The summed E-state index contributed by atoms with van der Waals surface area (Å²) in [5, 5.41) is 7.26. The van der Waals surface area contributed by atoms with Gasteiger partial charge in [0, 0.05) is 24.2 Å². The first-order chi connectivity index (χ1) is 9.29. The Morgan fingerprint density at radius 3 is 2.79 bits per heavy atom. The van der Waals surface area contributed by atoms with E-state index in [9.17, 15) is 4.79 Å². The Morgan fingerprint density at radius 2 is 2.05 bits per heavy atom. The third kappa shape index (κ3) is 1.93. The second kappa shape index (κ2) is 4.49. The van der Waals surface area contributed by atoms with Crippen LogP contribution in [-0.2, 0) is 4.74 Å². The highest BCUT2D eigenvalue weighted by molar-refractivity contribution is 6.01. The highest BCUT2D eigenvalue weighted by atomic mass is 16.5. The first-order valence-electron chi connectivity index (χ1n) is 5.62. The van der Waals surface area contributed by atoms with Crippen molar-refractivity contribution in [1.82, 2.24) is 20.2 Å². The van der Waals surface area contributed by atoms with E-state index < -0.39 is 5.97 Å². The Kier molecular flexibility index (Phi) is 2.68. The number of ether oxygens (including phenoxy) is 1. The summed E-state index contributed by atoms with van der Waals surface area (Å²) < 4.78 is 4.70. The molecule has 3 rings (SSSR count). The van der Waals surface area contributed by atoms with Crippen molar-refractivity contribution in [1.29, 1.82) is 0 Å². The minimum Gasteiger partial charge on any atom is -0.464 e. The molecule has 0 fully saturated rings. The lowest BCUT2D eigenvalue weighted by atomic mass is 10.1. The minimum atomic E-state index is -0.462. The van der Waals surface area contributed by atoms with Gasteiger partial charge in [0.05, 0.1) is 12.5 Å². The van der Waals surface area contributed by atoms with Crippen molar-refractivity contribution in [3.8, 4) is 11.1 Å². The standard InChI is InChI=1S/C13H10N4O2/c1-19-13(18)11-10-6-9(7-15-12(10)17-16-11)8-2-4-14-5-3-8/h2-7H,1H3,(H,15,16,17). The van der Waals surface area contributed by atoms with Gasteiger partial charge in [0.25, 0.3) is 0 Å². The predicted octanol–water partition coefficient (Wildman–Crippen LogP) is 1.81. The number of rotatable bonds is 2. The molecule has 1 N–H and O–H groups in total. The number of nitrogens with one attached hydrogen (secondary N) is 1. The maximum atomic E-state index is 11.6. The summed E-state index contributed by atoms with van der Waals surface area (Å²) in [5.74, 6) is -0.462. The number of H-pyrrole nitrogens is 1. The Balaban J connectivity index is 2.17. The van der Waals surface area contributed by atoms with E-state index in [1.54, 1.807) is 18.6 Å². The summed E-state index contributed by atoms with van der Waals surface area (Å²) in [5.41, 5.74) is 2.65. The lowest BCUT2D eigenvalue weighted by molar-refractivity contribution is 0.0596. The van der Waals surface area contributed by atoms with Gasteiger partial charge in [0.1, 0.15) is 0 Å². The van der Waals surface area contributed by atoms with E-state index in [2.05, 4.69) is 20.2 Å². The molecule has 0 aromatic carbocycles. The highest BCUT2D eigenvalue weighted by Crippen LogP contribution is 2.23. The normalized spacial score (nSPS) is 10.6. The molecule has 0 bridgehead atoms. The summed E-state index contributed by atoms with van der Waals surface area (Å²) in [6.45, 7) is 0. The quantitative estimate of drug-likeness (QED) is 0.705. The maximum absolute atomic E-state index is 11.6. The van der Waals surface area contributed by atoms with Gasteiger partial charge in [-0.3, -0.25) is 10.1 Å². The Labute approximate surface area is 108 Å². The number of nitrogens with zero attached hydrogens (tertiary/aromatic N) is 3. The van der Waals surface area contributed by atoms with Crippen molar-refractivity contribution in [2.45, 2.75) is 0 Å². The third-order valence-corrected chi connectivity index (χ3v) is 2.81. The van der Waals surface area contributed by atoms with Crippen LogP contribution in [0.4, 0.5) is 0 Å². The van der Waals surface area contributed by atoms with Gasteiger partial charge >= 0.3 is 5.97 Å². The molecule has 0 aliphatic carbocycles. The number of pyridine rings is 2. The second-order valence-corrected chi connectivity index (χ2v) is 3.92. The average Bonchev–Trinajstić information content (AvgIpc) is 2.90. The zero-order valence-electron chi connectivity index (χ0n) is 10.1. The number of aromatic amines is 1. The van der Waals surface area contributed by atoms with E-state index in [1.807, 2.05) is 18.2 Å². The number of hydrogen-bond acceptors (Lipinski definition) is 5. The van der Waals surface area contributed by atoms with Crippen LogP contribution in [0.25, 0.3) is 22.2 Å². The van der Waals surface area contributed by atoms with Crippen molar-refractivity contribution in [3.05, 3.63) is 42.5 Å². The first kappa shape index (κ1) is 11.3. The molecule has 6 nitrogen and oxygen atoms in total. The summed E-state index contributed by atoms with van der Waals surface area (Å²) in [6.07, 6.45) is 5.12. The van der Waals surface area contributed by atoms with Crippen LogP contribution >= 0.6 is 0 Å². The lowest BCUT2D eigenvalue weighted by Gasteiger charge is -2.01. The van der Waals surface area contributed by atoms with Crippen LogP contribution in [-0.4, -0.2) is 33.2 Å². The van der Waals surface area contributed by atoms with Gasteiger partial charge in [-0.15, -0.1) is 0 Å². The highest BCUT2D eigenvalue weighted by Gasteiger charge is 2.15. The van der Waals surface area contributed by atoms with Crippen LogP contribution in [0.15, 0.2) is 36.8 Å². The molecule has 0 radical (unpaired) electrons. The SMILES string of the molecule is COC(=O)c1[nH]nc2ncc(-c3ccncc3)cc12. The van der Waals surface area contributed by atoms with Gasteiger partial charge in [-0.2, -0.15) is 5.10 Å². The van der Waals surface area contributed by atoms with Crippen molar-refractivity contribution >= 4 is 17.0 Å². The predicted molar refractivity (Wildman–Crippen MR) is 68.5 cm³/mol. The van der Waals surface area contributed by atoms with E-state index in [0.29, 0.717) is 16.7 Å². The average molecular weight is 254 g/mol. The maximum Gasteiger partial charge on any atom is 0.356 e. The first-order valence-corrected chi connectivity index (χ1v) is 5.62. The molecule has 0 atom stereocenters. The number of methoxy groups -OCH3 is 1. The number of esters is 1. The van der Waals surface area contributed by atoms with Crippen LogP contribution in [0.5, 0.6) is 0 Å². The molecule has 0 amide bonds. The van der Waals surface area contributed by atoms with E-state index in [4.69, 9.17) is 4.74 Å². The number of carbonyl (C=O) groups is 1. The molecule has 94 valence electrons. The molecule has 3 heterocycles. The number of carbonyl (C=O) groups excluding carboxylic acids is 1. The van der Waals surface area contributed by atoms with Gasteiger partial charge in [0.2, 0.25) is 0 Å². The zero-order chi connectivity index (χ0) is 13.2. The Morgan fingerprint density at radius 1 is 1.26 bits per heavy atom. The molecule has 0 saturated carbocycles. The van der Waals surface area contributed by atoms with Gasteiger partial charge in [-0.05, 0) is 23.8 Å². The fourth-order valence-corrected chi connectivity index (χ4v) is 1.86. The molecule has 3 aromatic heterocycles. The van der Waals surface area contributed by atoms with Crippen molar-refractivity contribution in [3.63, 3.8) is 0 Å². The van der Waals surface area contributed by atoms with Crippen molar-refractivity contribution < 1.29 is 9.53 Å². The fraction of sp³-hybridized carbons (Fsp3) is 0.0769. The molecule has 0 saturated heterocycles. The molecule has 19 heavy (non-hydrogen) atoms. The molecule has 0 aliphatic rings. The van der Waals surface area contributed by atoms with Crippen LogP contribution < -0.4 is 0 Å². The minimum absolute atomic E-state index is 0.306. The van der Waals surface area contributed by atoms with Gasteiger partial charge < -0.3 is 4.74 Å². The van der Waals surface area contributed by atoms with Crippen LogP contribution in [0.1, 0.15) is 10.5 Å². The summed E-state index contributed by atoms with van der Waals surface area (Å²) in [7, 11) is 1.33. The molecule has 3 aromatic rings. The van der Waals surface area contributed by atoms with Gasteiger partial charge in [-0.25, -0.2) is 9.78 Å².